The van der Waals surface area contributed by atoms with Crippen LogP contribution in [0, 0.1) is 0 Å². The highest BCUT2D eigenvalue weighted by Crippen LogP contribution is 2.23. The SMILES string of the molecule is CCCC(NS(=O)(=O)c1ccc(N2CCCC2=O)cc1)C(=O)O. The van der Waals surface area contributed by atoms with Gasteiger partial charge in [-0.25, -0.2) is 8.42 Å². The largest absolute Gasteiger partial charge is 0.480 e. The van der Waals surface area contributed by atoms with Gasteiger partial charge >= 0.3 is 5.97 Å². The Morgan fingerprint density at radius 2 is 2.00 bits per heavy atom. The fourth-order valence-corrected chi connectivity index (χ4v) is 3.73. The van der Waals surface area contributed by atoms with Gasteiger partial charge in [-0.3, -0.25) is 9.59 Å². The van der Waals surface area contributed by atoms with Gasteiger partial charge in [-0.05, 0) is 37.1 Å². The van der Waals surface area contributed by atoms with Gasteiger partial charge in [0, 0.05) is 18.7 Å². The Morgan fingerprint density at radius 1 is 1.35 bits per heavy atom. The van der Waals surface area contributed by atoms with Crippen molar-refractivity contribution in [3.8, 4) is 0 Å². The molecular formula is C15H20N2O5S. The van der Waals surface area contributed by atoms with Crippen LogP contribution in [0.15, 0.2) is 29.2 Å². The average molecular weight is 340 g/mol. The number of carbonyl (C=O) groups is 2. The van der Waals surface area contributed by atoms with Crippen molar-refractivity contribution in [1.29, 1.82) is 0 Å². The molecule has 7 nitrogen and oxygen atoms in total. The molecule has 1 aliphatic rings. The number of aliphatic carboxylic acids is 1. The molecule has 1 unspecified atom stereocenters. The fourth-order valence-electron chi connectivity index (χ4n) is 2.50. The van der Waals surface area contributed by atoms with Crippen LogP contribution < -0.4 is 9.62 Å². The van der Waals surface area contributed by atoms with Crippen molar-refractivity contribution in [2.24, 2.45) is 0 Å². The van der Waals surface area contributed by atoms with Crippen molar-refractivity contribution in [1.82, 2.24) is 4.72 Å². The second kappa shape index (κ2) is 7.10. The highest BCUT2D eigenvalue weighted by Gasteiger charge is 2.26. The number of anilines is 1. The average Bonchev–Trinajstić information content (AvgIpc) is 2.93. The summed E-state index contributed by atoms with van der Waals surface area (Å²) < 4.78 is 26.7. The maximum atomic E-state index is 12.3. The molecule has 0 saturated carbocycles. The monoisotopic (exact) mass is 340 g/mol. The van der Waals surface area contributed by atoms with Crippen LogP contribution in [0.3, 0.4) is 0 Å². The molecule has 2 rings (SSSR count). The van der Waals surface area contributed by atoms with E-state index in [4.69, 9.17) is 5.11 Å². The third-order valence-corrected chi connectivity index (χ3v) is 5.19. The van der Waals surface area contributed by atoms with E-state index in [2.05, 4.69) is 4.72 Å². The molecule has 126 valence electrons. The molecule has 0 radical (unpaired) electrons. The highest BCUT2D eigenvalue weighted by atomic mass is 32.2. The Balaban J connectivity index is 2.16. The second-order valence-electron chi connectivity index (χ2n) is 5.44. The van der Waals surface area contributed by atoms with Gasteiger partial charge in [0.2, 0.25) is 15.9 Å². The Morgan fingerprint density at radius 3 is 2.48 bits per heavy atom. The van der Waals surface area contributed by atoms with E-state index in [9.17, 15) is 18.0 Å². The maximum absolute atomic E-state index is 12.3. The number of carboxylic acid groups (broad SMARTS) is 1. The molecule has 0 bridgehead atoms. The van der Waals surface area contributed by atoms with Crippen molar-refractivity contribution in [2.75, 3.05) is 11.4 Å². The lowest BCUT2D eigenvalue weighted by Gasteiger charge is -2.17. The molecule has 0 aromatic heterocycles. The van der Waals surface area contributed by atoms with Crippen LogP contribution in [-0.4, -0.2) is 38.0 Å². The lowest BCUT2D eigenvalue weighted by molar-refractivity contribution is -0.139. The first-order valence-electron chi connectivity index (χ1n) is 7.50. The van der Waals surface area contributed by atoms with E-state index in [0.717, 1.165) is 6.42 Å². The third kappa shape index (κ3) is 4.08. The first-order valence-corrected chi connectivity index (χ1v) is 8.99. The summed E-state index contributed by atoms with van der Waals surface area (Å²) in [6.45, 7) is 2.41. The lowest BCUT2D eigenvalue weighted by atomic mass is 10.2. The van der Waals surface area contributed by atoms with Crippen LogP contribution in [0.25, 0.3) is 0 Å². The molecule has 0 aliphatic carbocycles. The highest BCUT2D eigenvalue weighted by molar-refractivity contribution is 7.89. The summed E-state index contributed by atoms with van der Waals surface area (Å²) >= 11 is 0. The zero-order valence-electron chi connectivity index (χ0n) is 12.9. The lowest BCUT2D eigenvalue weighted by Crippen LogP contribution is -2.40. The van der Waals surface area contributed by atoms with Crippen LogP contribution in [-0.2, 0) is 19.6 Å². The zero-order chi connectivity index (χ0) is 17.0. The van der Waals surface area contributed by atoms with E-state index >= 15 is 0 Å². The van der Waals surface area contributed by atoms with E-state index < -0.39 is 22.0 Å². The van der Waals surface area contributed by atoms with Gasteiger partial charge in [0.25, 0.3) is 0 Å². The van der Waals surface area contributed by atoms with E-state index in [-0.39, 0.29) is 17.2 Å². The number of amides is 1. The molecule has 2 N–H and O–H groups in total. The second-order valence-corrected chi connectivity index (χ2v) is 7.16. The number of benzene rings is 1. The van der Waals surface area contributed by atoms with Crippen molar-refractivity contribution >= 4 is 27.6 Å². The molecule has 1 amide bonds. The molecule has 1 heterocycles. The fraction of sp³-hybridized carbons (Fsp3) is 0.467. The zero-order valence-corrected chi connectivity index (χ0v) is 13.7. The van der Waals surface area contributed by atoms with E-state index in [1.165, 1.54) is 12.1 Å². The predicted molar refractivity (Wildman–Crippen MR) is 84.7 cm³/mol. The molecule has 1 atom stereocenters. The van der Waals surface area contributed by atoms with Gasteiger partial charge in [-0.1, -0.05) is 13.3 Å². The summed E-state index contributed by atoms with van der Waals surface area (Å²) in [7, 11) is -3.91. The van der Waals surface area contributed by atoms with Crippen LogP contribution in [0.4, 0.5) is 5.69 Å². The van der Waals surface area contributed by atoms with Crippen LogP contribution in [0.5, 0.6) is 0 Å². The predicted octanol–water partition coefficient (Wildman–Crippen LogP) is 1.34. The number of carbonyl (C=O) groups excluding carboxylic acids is 1. The Kier molecular flexibility index (Phi) is 5.38. The standard InChI is InChI=1S/C15H20N2O5S/c1-2-4-13(15(19)20)16-23(21,22)12-8-6-11(7-9-12)17-10-3-5-14(17)18/h6-9,13,16H,2-5,10H2,1H3,(H,19,20). The van der Waals surface area contributed by atoms with Crippen molar-refractivity contribution in [3.05, 3.63) is 24.3 Å². The van der Waals surface area contributed by atoms with Gasteiger partial charge in [0.1, 0.15) is 6.04 Å². The van der Waals surface area contributed by atoms with Crippen molar-refractivity contribution in [3.63, 3.8) is 0 Å². The quantitative estimate of drug-likeness (QED) is 0.779. The summed E-state index contributed by atoms with van der Waals surface area (Å²) in [4.78, 5) is 24.4. The smallest absolute Gasteiger partial charge is 0.321 e. The molecule has 8 heteroatoms. The normalized spacial score (nSPS) is 16.6. The summed E-state index contributed by atoms with van der Waals surface area (Å²) in [5.41, 5.74) is 0.648. The first-order chi connectivity index (χ1) is 10.8. The number of carboxylic acids is 1. The van der Waals surface area contributed by atoms with Gasteiger partial charge in [0.05, 0.1) is 4.90 Å². The van der Waals surface area contributed by atoms with Crippen LogP contribution >= 0.6 is 0 Å². The minimum atomic E-state index is -3.91. The Labute approximate surface area is 135 Å². The summed E-state index contributed by atoms with van der Waals surface area (Å²) in [6.07, 6.45) is 2.06. The number of nitrogens with zero attached hydrogens (tertiary/aromatic N) is 1. The maximum Gasteiger partial charge on any atom is 0.321 e. The van der Waals surface area contributed by atoms with E-state index in [0.29, 0.717) is 25.1 Å². The van der Waals surface area contributed by atoms with Crippen LogP contribution in [0.1, 0.15) is 32.6 Å². The Hall–Kier alpha value is -1.93. The molecule has 1 aromatic rings. The number of rotatable bonds is 7. The van der Waals surface area contributed by atoms with Gasteiger partial charge in [-0.2, -0.15) is 4.72 Å². The summed E-state index contributed by atoms with van der Waals surface area (Å²) in [6, 6.07) is 4.74. The minimum absolute atomic E-state index is 0.0183. The van der Waals surface area contributed by atoms with Crippen LogP contribution in [0.2, 0.25) is 0 Å². The van der Waals surface area contributed by atoms with E-state index in [1.54, 1.807) is 24.0 Å². The molecule has 1 aromatic carbocycles. The van der Waals surface area contributed by atoms with Gasteiger partial charge in [-0.15, -0.1) is 0 Å². The number of hydrogen-bond donors (Lipinski definition) is 2. The van der Waals surface area contributed by atoms with Gasteiger partial charge < -0.3 is 10.0 Å². The van der Waals surface area contributed by atoms with Crippen molar-refractivity contribution < 1.29 is 23.1 Å². The molecule has 0 spiro atoms. The topological polar surface area (TPSA) is 104 Å². The summed E-state index contributed by atoms with van der Waals surface area (Å²) in [5, 5.41) is 9.06. The van der Waals surface area contributed by atoms with E-state index in [1.807, 2.05) is 0 Å². The summed E-state index contributed by atoms with van der Waals surface area (Å²) in [5.74, 6) is -1.18. The molecule has 23 heavy (non-hydrogen) atoms. The first kappa shape index (κ1) is 17.4. The Bertz CT molecular complexity index is 684. The number of nitrogens with one attached hydrogen (secondary N) is 1. The molecule has 1 aliphatic heterocycles. The molecule has 1 saturated heterocycles. The number of hydrogen-bond acceptors (Lipinski definition) is 4. The number of sulfonamides is 1. The molecule has 1 fully saturated rings. The molecular weight excluding hydrogens is 320 g/mol. The van der Waals surface area contributed by atoms with Gasteiger partial charge in [0.15, 0.2) is 0 Å². The third-order valence-electron chi connectivity index (χ3n) is 3.70. The van der Waals surface area contributed by atoms with Crippen molar-refractivity contribution in [2.45, 2.75) is 43.5 Å². The minimum Gasteiger partial charge on any atom is -0.480 e.